The zero-order chi connectivity index (χ0) is 9.97. The highest BCUT2D eigenvalue weighted by Crippen LogP contribution is 2.23. The van der Waals surface area contributed by atoms with Crippen LogP contribution >= 0.6 is 0 Å². The van der Waals surface area contributed by atoms with Crippen molar-refractivity contribution in [3.63, 3.8) is 0 Å². The Morgan fingerprint density at radius 2 is 2.29 bits per heavy atom. The molecule has 0 saturated heterocycles. The molecule has 0 spiro atoms. The van der Waals surface area contributed by atoms with Gasteiger partial charge in [-0.15, -0.1) is 0 Å². The van der Waals surface area contributed by atoms with E-state index in [-0.39, 0.29) is 5.91 Å². The van der Waals surface area contributed by atoms with Crippen LogP contribution in [-0.4, -0.2) is 16.9 Å². The summed E-state index contributed by atoms with van der Waals surface area (Å²) in [4.78, 5) is 14.9. The van der Waals surface area contributed by atoms with E-state index in [1.54, 1.807) is 6.20 Å². The van der Waals surface area contributed by atoms with Crippen LogP contribution in [0, 0.1) is 0 Å². The molecule has 1 fully saturated rings. The fourth-order valence-electron chi connectivity index (χ4n) is 1.19. The summed E-state index contributed by atoms with van der Waals surface area (Å²) in [5, 5.41) is 5.94. The van der Waals surface area contributed by atoms with Gasteiger partial charge in [0.2, 0.25) is 5.91 Å². The van der Waals surface area contributed by atoms with Crippen LogP contribution in [0.1, 0.15) is 19.8 Å². The van der Waals surface area contributed by atoms with Crippen molar-refractivity contribution >= 4 is 17.4 Å². The average Bonchev–Trinajstić information content (AvgIpc) is 2.91. The molecule has 0 aliphatic heterocycles. The van der Waals surface area contributed by atoms with Crippen LogP contribution in [0.2, 0.25) is 0 Å². The first kappa shape index (κ1) is 8.99. The Bertz CT molecular complexity index is 330. The molecular formula is C10H13N3O. The van der Waals surface area contributed by atoms with Crippen LogP contribution in [-0.2, 0) is 4.79 Å². The molecule has 1 heterocycles. The number of rotatable bonds is 3. The van der Waals surface area contributed by atoms with Crippen molar-refractivity contribution in [3.8, 4) is 0 Å². The van der Waals surface area contributed by atoms with E-state index in [9.17, 15) is 4.79 Å². The minimum Gasteiger partial charge on any atom is -0.367 e. The molecule has 1 aliphatic carbocycles. The number of aromatic nitrogens is 1. The van der Waals surface area contributed by atoms with Gasteiger partial charge in [-0.2, -0.15) is 0 Å². The number of carbonyl (C=O) groups is 1. The van der Waals surface area contributed by atoms with Crippen molar-refractivity contribution in [1.82, 2.24) is 4.98 Å². The lowest BCUT2D eigenvalue weighted by Crippen LogP contribution is -2.07. The van der Waals surface area contributed by atoms with Gasteiger partial charge in [-0.25, -0.2) is 4.98 Å². The topological polar surface area (TPSA) is 54.0 Å². The number of nitrogens with one attached hydrogen (secondary N) is 2. The van der Waals surface area contributed by atoms with E-state index < -0.39 is 0 Å². The third-order valence-electron chi connectivity index (χ3n) is 2.01. The molecule has 2 N–H and O–H groups in total. The Labute approximate surface area is 82.7 Å². The Morgan fingerprint density at radius 3 is 2.79 bits per heavy atom. The van der Waals surface area contributed by atoms with Crippen molar-refractivity contribution in [1.29, 1.82) is 0 Å². The molecule has 0 atom stereocenters. The van der Waals surface area contributed by atoms with Crippen LogP contribution in [0.15, 0.2) is 18.3 Å². The van der Waals surface area contributed by atoms with Gasteiger partial charge in [0.15, 0.2) is 0 Å². The summed E-state index contributed by atoms with van der Waals surface area (Å²) in [5.41, 5.74) is 0.735. The summed E-state index contributed by atoms with van der Waals surface area (Å²) in [6.07, 6.45) is 4.12. The predicted molar refractivity (Wildman–Crippen MR) is 55.2 cm³/mol. The van der Waals surface area contributed by atoms with Crippen molar-refractivity contribution in [2.24, 2.45) is 0 Å². The molecule has 0 unspecified atom stereocenters. The van der Waals surface area contributed by atoms with Gasteiger partial charge in [0.05, 0.1) is 11.9 Å². The highest BCUT2D eigenvalue weighted by atomic mass is 16.1. The minimum atomic E-state index is -0.0743. The van der Waals surface area contributed by atoms with Crippen LogP contribution in [0.25, 0.3) is 0 Å². The smallest absolute Gasteiger partial charge is 0.221 e. The van der Waals surface area contributed by atoms with Crippen LogP contribution in [0.5, 0.6) is 0 Å². The van der Waals surface area contributed by atoms with Crippen molar-refractivity contribution in [3.05, 3.63) is 18.3 Å². The third-order valence-corrected chi connectivity index (χ3v) is 2.01. The average molecular weight is 191 g/mol. The summed E-state index contributed by atoms with van der Waals surface area (Å²) in [5.74, 6) is 0.802. The minimum absolute atomic E-state index is 0.0743. The molecule has 4 nitrogen and oxygen atoms in total. The Morgan fingerprint density at radius 1 is 1.50 bits per heavy atom. The molecule has 1 amide bonds. The van der Waals surface area contributed by atoms with E-state index in [1.165, 1.54) is 19.8 Å². The number of amides is 1. The van der Waals surface area contributed by atoms with Gasteiger partial charge < -0.3 is 10.6 Å². The van der Waals surface area contributed by atoms with E-state index in [0.717, 1.165) is 11.5 Å². The maximum atomic E-state index is 10.7. The first-order valence-electron chi connectivity index (χ1n) is 4.74. The number of pyridine rings is 1. The van der Waals surface area contributed by atoms with Crippen LogP contribution < -0.4 is 10.6 Å². The maximum absolute atomic E-state index is 10.7. The molecule has 74 valence electrons. The maximum Gasteiger partial charge on any atom is 0.221 e. The van der Waals surface area contributed by atoms with E-state index in [2.05, 4.69) is 15.6 Å². The van der Waals surface area contributed by atoms with E-state index >= 15 is 0 Å². The first-order valence-corrected chi connectivity index (χ1v) is 4.74. The van der Waals surface area contributed by atoms with Crippen LogP contribution in [0.4, 0.5) is 11.5 Å². The van der Waals surface area contributed by atoms with E-state index in [4.69, 9.17) is 0 Å². The SMILES string of the molecule is CC(=O)Nc1ccc(NC2CC2)nc1. The lowest BCUT2D eigenvalue weighted by atomic mass is 10.4. The van der Waals surface area contributed by atoms with Crippen molar-refractivity contribution in [2.45, 2.75) is 25.8 Å². The molecule has 0 bridgehead atoms. The zero-order valence-electron chi connectivity index (χ0n) is 8.08. The zero-order valence-corrected chi connectivity index (χ0v) is 8.08. The first-order chi connectivity index (χ1) is 6.74. The molecule has 0 radical (unpaired) electrons. The summed E-state index contributed by atoms with van der Waals surface area (Å²) in [6, 6.07) is 4.33. The lowest BCUT2D eigenvalue weighted by molar-refractivity contribution is -0.114. The van der Waals surface area contributed by atoms with Gasteiger partial charge in [0, 0.05) is 13.0 Å². The van der Waals surface area contributed by atoms with Gasteiger partial charge >= 0.3 is 0 Å². The molecule has 1 saturated carbocycles. The monoisotopic (exact) mass is 191 g/mol. The Balaban J connectivity index is 1.97. The van der Waals surface area contributed by atoms with Crippen LogP contribution in [0.3, 0.4) is 0 Å². The van der Waals surface area contributed by atoms with Gasteiger partial charge in [-0.3, -0.25) is 4.79 Å². The summed E-state index contributed by atoms with van der Waals surface area (Å²) in [6.45, 7) is 1.48. The molecule has 1 aliphatic rings. The second-order valence-corrected chi connectivity index (χ2v) is 3.53. The van der Waals surface area contributed by atoms with Crippen molar-refractivity contribution in [2.75, 3.05) is 10.6 Å². The third kappa shape index (κ3) is 2.45. The second kappa shape index (κ2) is 3.65. The highest BCUT2D eigenvalue weighted by Gasteiger charge is 2.20. The van der Waals surface area contributed by atoms with Gasteiger partial charge in [0.1, 0.15) is 5.82 Å². The number of anilines is 2. The second-order valence-electron chi connectivity index (χ2n) is 3.53. The van der Waals surface area contributed by atoms with Gasteiger partial charge in [-0.1, -0.05) is 0 Å². The lowest BCUT2D eigenvalue weighted by Gasteiger charge is -2.04. The fourth-order valence-corrected chi connectivity index (χ4v) is 1.19. The molecule has 2 rings (SSSR count). The molecule has 0 aromatic carbocycles. The van der Waals surface area contributed by atoms with Crippen molar-refractivity contribution < 1.29 is 4.79 Å². The standard InChI is InChI=1S/C10H13N3O/c1-7(14)12-9-4-5-10(11-6-9)13-8-2-3-8/h4-6,8H,2-3H2,1H3,(H,11,13)(H,12,14). The Hall–Kier alpha value is -1.58. The summed E-state index contributed by atoms with van der Waals surface area (Å²) >= 11 is 0. The number of nitrogens with zero attached hydrogens (tertiary/aromatic N) is 1. The number of carbonyl (C=O) groups excluding carboxylic acids is 1. The number of hydrogen-bond donors (Lipinski definition) is 2. The molecule has 4 heteroatoms. The van der Waals surface area contributed by atoms with Gasteiger partial charge in [0.25, 0.3) is 0 Å². The van der Waals surface area contributed by atoms with Gasteiger partial charge in [-0.05, 0) is 25.0 Å². The molecule has 14 heavy (non-hydrogen) atoms. The number of hydrogen-bond acceptors (Lipinski definition) is 3. The molecule has 1 aromatic rings. The predicted octanol–water partition coefficient (Wildman–Crippen LogP) is 1.61. The highest BCUT2D eigenvalue weighted by molar-refractivity contribution is 5.88. The molecule has 1 aromatic heterocycles. The largest absolute Gasteiger partial charge is 0.367 e. The Kier molecular flexibility index (Phi) is 2.35. The fraction of sp³-hybridized carbons (Fsp3) is 0.400. The molecular weight excluding hydrogens is 178 g/mol. The summed E-state index contributed by atoms with van der Waals surface area (Å²) < 4.78 is 0. The van der Waals surface area contributed by atoms with E-state index in [1.807, 2.05) is 12.1 Å². The van der Waals surface area contributed by atoms with E-state index in [0.29, 0.717) is 6.04 Å². The normalized spacial score (nSPS) is 14.9. The quantitative estimate of drug-likeness (QED) is 0.763. The summed E-state index contributed by atoms with van der Waals surface area (Å²) in [7, 11) is 0.